The fraction of sp³-hybridized carbons (Fsp3) is 0.229. The minimum absolute atomic E-state index is 0.0160. The second kappa shape index (κ2) is 30.4. The Hall–Kier alpha value is -10.1. The lowest BCUT2D eigenvalue weighted by Gasteiger charge is -2.38. The van der Waals surface area contributed by atoms with E-state index in [2.05, 4.69) is 62.4 Å². The van der Waals surface area contributed by atoms with Crippen LogP contribution in [0.15, 0.2) is 150 Å². The third kappa shape index (κ3) is 19.2. The van der Waals surface area contributed by atoms with E-state index < -0.39 is 21.9 Å². The van der Waals surface area contributed by atoms with Crippen molar-refractivity contribution in [2.45, 2.75) is 110 Å². The minimum atomic E-state index is -4.39. The molecular weight excluding hydrogens is 1170 g/mol. The summed E-state index contributed by atoms with van der Waals surface area (Å²) in [5.74, 6) is 0. The largest absolute Gasteiger partial charge is 0.416 e. The number of nitrogen functional groups attached to an aromatic ring is 14. The predicted octanol–water partition coefficient (Wildman–Crippen LogP) is 13.5. The summed E-state index contributed by atoms with van der Waals surface area (Å²) >= 11 is 0. The fourth-order valence-electron chi connectivity index (χ4n) is 10.8. The van der Waals surface area contributed by atoms with E-state index in [0.717, 1.165) is 91.9 Å². The molecule has 484 valence electrons. The van der Waals surface area contributed by atoms with Crippen molar-refractivity contribution in [1.82, 2.24) is 0 Å². The van der Waals surface area contributed by atoms with Gasteiger partial charge in [-0.1, -0.05) is 49.6 Å². The van der Waals surface area contributed by atoms with Gasteiger partial charge in [-0.15, -0.1) is 0 Å². The van der Waals surface area contributed by atoms with Crippen molar-refractivity contribution in [3.05, 3.63) is 218 Å². The molecule has 0 aromatic heterocycles. The van der Waals surface area contributed by atoms with Crippen molar-refractivity contribution in [3.8, 4) is 11.1 Å². The van der Waals surface area contributed by atoms with Crippen molar-refractivity contribution in [3.63, 3.8) is 0 Å². The normalized spacial score (nSPS) is 12.5. The van der Waals surface area contributed by atoms with Crippen molar-refractivity contribution >= 4 is 89.7 Å². The number of hydrogen-bond donors (Lipinski definition) is 15. The van der Waals surface area contributed by atoms with Crippen molar-refractivity contribution in [1.29, 1.82) is 0 Å². The van der Waals surface area contributed by atoms with E-state index in [0.29, 0.717) is 39.4 Å². The Morgan fingerprint density at radius 3 is 1.11 bits per heavy atom. The Morgan fingerprint density at radius 2 is 0.747 bits per heavy atom. The van der Waals surface area contributed by atoms with Crippen LogP contribution in [0.4, 0.5) is 92.8 Å². The van der Waals surface area contributed by atoms with Crippen LogP contribution in [0, 0.1) is 55.4 Å². The second-order valence-corrected chi connectivity index (χ2v) is 24.4. The summed E-state index contributed by atoms with van der Waals surface area (Å²) in [6, 6.07) is 44.7. The molecule has 0 aliphatic heterocycles. The topological polar surface area (TPSA) is 419 Å². The Bertz CT molecular complexity index is 3920. The predicted molar refractivity (Wildman–Crippen MR) is 378 cm³/mol. The summed E-state index contributed by atoms with van der Waals surface area (Å²) in [6.45, 7) is 14.7. The minimum Gasteiger partial charge on any atom is -0.399 e. The maximum atomic E-state index is 12.0. The van der Waals surface area contributed by atoms with Crippen LogP contribution >= 0.6 is 0 Å². The highest BCUT2D eigenvalue weighted by molar-refractivity contribution is 7.86. The molecule has 17 nitrogen and oxygen atoms in total. The van der Waals surface area contributed by atoms with Gasteiger partial charge in [0.25, 0.3) is 10.1 Å². The second-order valence-electron chi connectivity index (χ2n) is 23.0. The maximum Gasteiger partial charge on any atom is 0.416 e. The first-order chi connectivity index (χ1) is 42.4. The molecule has 21 heteroatoms. The molecule has 1 fully saturated rings. The van der Waals surface area contributed by atoms with Gasteiger partial charge in [-0.3, -0.25) is 4.55 Å². The number of hydrogen-bond acceptors (Lipinski definition) is 16. The molecule has 11 rings (SSSR count). The Balaban J connectivity index is 0.000000197. The number of anilines is 14. The van der Waals surface area contributed by atoms with Crippen molar-refractivity contribution in [2.24, 2.45) is 0 Å². The molecule has 0 unspecified atom stereocenters. The summed E-state index contributed by atoms with van der Waals surface area (Å²) in [5, 5.41) is 0. The van der Waals surface area contributed by atoms with Crippen LogP contribution in [0.25, 0.3) is 11.1 Å². The zero-order chi connectivity index (χ0) is 68.0. The van der Waals surface area contributed by atoms with Gasteiger partial charge in [0.15, 0.2) is 0 Å². The van der Waals surface area contributed by atoms with Gasteiger partial charge in [0.1, 0.15) is 4.90 Å². The molecule has 29 N–H and O–H groups in total. The number of aryl methyl sites for hydroxylation is 5. The Labute approximate surface area is 533 Å². The van der Waals surface area contributed by atoms with Gasteiger partial charge in [-0.05, 0) is 268 Å². The maximum absolute atomic E-state index is 12.0. The van der Waals surface area contributed by atoms with E-state index in [9.17, 15) is 21.6 Å². The molecule has 0 saturated heterocycles. The summed E-state index contributed by atoms with van der Waals surface area (Å²) in [7, 11) is -4.29. The van der Waals surface area contributed by atoms with Crippen LogP contribution in [-0.4, -0.2) is 13.0 Å². The molecule has 2 aliphatic carbocycles. The number of halogens is 3. The van der Waals surface area contributed by atoms with Crippen LogP contribution < -0.4 is 80.3 Å². The molecule has 9 aromatic carbocycles. The first-order valence-corrected chi connectivity index (χ1v) is 30.6. The molecule has 0 radical (unpaired) electrons. The van der Waals surface area contributed by atoms with Crippen molar-refractivity contribution < 1.29 is 26.1 Å². The molecule has 0 bridgehead atoms. The van der Waals surface area contributed by atoms with E-state index in [1.807, 2.05) is 75.4 Å². The highest BCUT2D eigenvalue weighted by Gasteiger charge is 2.36. The zero-order valence-electron chi connectivity index (χ0n) is 53.0. The molecule has 2 aliphatic rings. The lowest BCUT2D eigenvalue weighted by molar-refractivity contribution is -0.137. The van der Waals surface area contributed by atoms with Gasteiger partial charge < -0.3 is 80.3 Å². The molecule has 9 aromatic rings. The molecule has 0 amide bonds. The zero-order valence-corrected chi connectivity index (χ0v) is 53.8. The molecule has 0 atom stereocenters. The summed E-state index contributed by atoms with van der Waals surface area (Å²) in [4.78, 5) is -0.192. The number of rotatable bonds is 3. The van der Waals surface area contributed by atoms with Crippen LogP contribution in [-0.2, 0) is 28.1 Å². The molecule has 0 heterocycles. The molecule has 1 saturated carbocycles. The number of fused-ring (bicyclic) bond motifs is 3. The Morgan fingerprint density at radius 1 is 0.385 bits per heavy atom. The standard InChI is InChI=1S/C18H22N2.C15H16N2.C9H14N2O3S.C8H12N2.C7H7F3N2.C7H10N2.C6H8N2/c19-16-8-4-14(5-9-16)18(12-2-1-3-13-18)15-6-10-17(20)11-7-15;1-8-3-12-10(6-14(8)16)5-11-7-15(17)9(2)4-13(11)12;1-4-7(10)5(2)9(15(12,13)14)6(3)8(4)11;1-5-3-7(9)4-6(2)8(5)10;8-7(9,10)4-1-5(11)3-6(12)2-4;1-5-4-6(8)2-3-7(5)9;7-5-2-1-3-6(8)4-5/h4-11H,1-3,12-13,19-20H2;3-4,6-7H,5,16-17H2,1-2H3;10-11H2,1-3H3,(H,12,13,14);3-4H,9-10H2,1-2H3;1-3H,11-12H2;2-4H,8-9H2,1H3;1-4H,7-8H2. The van der Waals surface area contributed by atoms with Gasteiger partial charge in [-0.25, -0.2) is 0 Å². The monoisotopic (exact) mass is 1260 g/mol. The smallest absolute Gasteiger partial charge is 0.399 e. The summed E-state index contributed by atoms with van der Waals surface area (Å²) in [5.41, 5.74) is 101. The molecule has 91 heavy (non-hydrogen) atoms. The third-order valence-electron chi connectivity index (χ3n) is 16.0. The SMILES string of the molecule is Cc1c(N)c(C)c(S(=O)(=O)O)c(C)c1N.Cc1cc(N)cc(C)c1N.Cc1cc(N)ccc1N.Cc1cc2c(cc1N)Cc1cc(N)c(C)cc1-2.Nc1cc(N)cc(C(F)(F)F)c1.Nc1ccc(C2(c3ccc(N)cc3)CCCCC2)cc1.Nc1cccc(N)c1. The number of nitrogens with two attached hydrogens (primary N) is 14. The molecular formula is C70H89F3N14O3S. The van der Waals surface area contributed by atoms with Crippen LogP contribution in [0.1, 0.15) is 104 Å². The summed E-state index contributed by atoms with van der Waals surface area (Å²) < 4.78 is 67.4. The van der Waals surface area contributed by atoms with E-state index >= 15 is 0 Å². The summed E-state index contributed by atoms with van der Waals surface area (Å²) in [6.07, 6.45) is 2.89. The average molecular weight is 1260 g/mol. The fourth-order valence-corrected chi connectivity index (χ4v) is 11.8. The van der Waals surface area contributed by atoms with Gasteiger partial charge in [0, 0.05) is 85.0 Å². The quantitative estimate of drug-likeness (QED) is 0.0577. The highest BCUT2D eigenvalue weighted by Crippen LogP contribution is 2.46. The highest BCUT2D eigenvalue weighted by atomic mass is 32.2. The van der Waals surface area contributed by atoms with Gasteiger partial charge in [0.05, 0.1) is 5.56 Å². The first-order valence-electron chi connectivity index (χ1n) is 29.1. The lowest BCUT2D eigenvalue weighted by Crippen LogP contribution is -2.30. The Kier molecular flexibility index (Phi) is 23.9. The number of benzene rings is 9. The first kappa shape index (κ1) is 71.6. The van der Waals surface area contributed by atoms with Crippen LogP contribution in [0.3, 0.4) is 0 Å². The number of alkyl halides is 3. The van der Waals surface area contributed by atoms with Gasteiger partial charge in [0.2, 0.25) is 0 Å². The van der Waals surface area contributed by atoms with E-state index in [4.69, 9.17) is 84.8 Å². The molecule has 0 spiro atoms. The van der Waals surface area contributed by atoms with Crippen LogP contribution in [0.5, 0.6) is 0 Å². The van der Waals surface area contributed by atoms with E-state index in [-0.39, 0.29) is 21.7 Å². The lowest BCUT2D eigenvalue weighted by atomic mass is 9.65. The van der Waals surface area contributed by atoms with Gasteiger partial charge in [-0.2, -0.15) is 21.6 Å². The average Bonchev–Trinajstić information content (AvgIpc) is 1.87. The third-order valence-corrected chi connectivity index (χ3v) is 17.1. The van der Waals surface area contributed by atoms with E-state index in [1.165, 1.54) is 85.4 Å². The van der Waals surface area contributed by atoms with E-state index in [1.54, 1.807) is 31.2 Å². The van der Waals surface area contributed by atoms with Crippen molar-refractivity contribution in [2.75, 3.05) is 80.3 Å². The van der Waals surface area contributed by atoms with Gasteiger partial charge >= 0.3 is 6.18 Å². The van der Waals surface area contributed by atoms with Crippen LogP contribution in [0.2, 0.25) is 0 Å².